The molecule has 2 amide bonds. The van der Waals surface area contributed by atoms with Crippen molar-refractivity contribution in [3.8, 4) is 0 Å². The number of carbonyl (C=O) groups excluding carboxylic acids is 2. The zero-order chi connectivity index (χ0) is 17.7. The quantitative estimate of drug-likeness (QED) is 0.837. The summed E-state index contributed by atoms with van der Waals surface area (Å²) >= 11 is 0. The normalized spacial score (nSPS) is 16.1. The third kappa shape index (κ3) is 5.72. The topological polar surface area (TPSA) is 75.4 Å². The minimum absolute atomic E-state index is 0. The molecular formula is C19H30ClN3O2. The first-order valence-electron chi connectivity index (χ1n) is 8.88. The van der Waals surface area contributed by atoms with Crippen LogP contribution in [0.3, 0.4) is 0 Å². The molecule has 1 atom stereocenters. The lowest BCUT2D eigenvalue weighted by molar-refractivity contribution is -0.117. The number of nitrogens with zero attached hydrogens (tertiary/aromatic N) is 1. The van der Waals surface area contributed by atoms with Crippen molar-refractivity contribution in [1.29, 1.82) is 0 Å². The van der Waals surface area contributed by atoms with E-state index in [1.165, 1.54) is 0 Å². The number of benzene rings is 1. The van der Waals surface area contributed by atoms with Crippen molar-refractivity contribution in [3.63, 3.8) is 0 Å². The summed E-state index contributed by atoms with van der Waals surface area (Å²) in [7, 11) is 0. The van der Waals surface area contributed by atoms with Gasteiger partial charge in [-0.1, -0.05) is 20.3 Å². The molecule has 0 bridgehead atoms. The van der Waals surface area contributed by atoms with E-state index in [-0.39, 0.29) is 24.2 Å². The number of carbonyl (C=O) groups is 2. The van der Waals surface area contributed by atoms with Crippen LogP contribution in [-0.2, 0) is 4.79 Å². The molecule has 0 spiro atoms. The van der Waals surface area contributed by atoms with E-state index < -0.39 is 6.04 Å². The molecule has 0 radical (unpaired) electrons. The molecule has 140 valence electrons. The molecule has 5 nitrogen and oxygen atoms in total. The molecule has 25 heavy (non-hydrogen) atoms. The first-order valence-corrected chi connectivity index (χ1v) is 8.88. The number of hydrogen-bond acceptors (Lipinski definition) is 3. The molecule has 0 saturated carbocycles. The first-order chi connectivity index (χ1) is 11.4. The van der Waals surface area contributed by atoms with Crippen molar-refractivity contribution < 1.29 is 9.59 Å². The van der Waals surface area contributed by atoms with Gasteiger partial charge in [-0.25, -0.2) is 0 Å². The summed E-state index contributed by atoms with van der Waals surface area (Å²) < 4.78 is 0. The van der Waals surface area contributed by atoms with Crippen LogP contribution in [0.5, 0.6) is 0 Å². The number of halogens is 1. The highest BCUT2D eigenvalue weighted by Crippen LogP contribution is 2.21. The highest BCUT2D eigenvalue weighted by molar-refractivity contribution is 5.98. The third-order valence-corrected chi connectivity index (χ3v) is 4.74. The lowest BCUT2D eigenvalue weighted by Gasteiger charge is -2.30. The van der Waals surface area contributed by atoms with Gasteiger partial charge >= 0.3 is 0 Å². The van der Waals surface area contributed by atoms with Gasteiger partial charge in [-0.3, -0.25) is 9.59 Å². The largest absolute Gasteiger partial charge is 0.339 e. The molecule has 2 rings (SSSR count). The van der Waals surface area contributed by atoms with Crippen molar-refractivity contribution in [2.75, 3.05) is 18.4 Å². The van der Waals surface area contributed by atoms with Gasteiger partial charge in [-0.15, -0.1) is 12.4 Å². The fraction of sp³-hybridized carbons (Fsp3) is 0.579. The van der Waals surface area contributed by atoms with Gasteiger partial charge in [0.2, 0.25) is 5.91 Å². The Labute approximate surface area is 156 Å². The Hall–Kier alpha value is -1.59. The van der Waals surface area contributed by atoms with Crippen LogP contribution < -0.4 is 11.1 Å². The highest BCUT2D eigenvalue weighted by Gasteiger charge is 2.22. The van der Waals surface area contributed by atoms with E-state index in [2.05, 4.69) is 12.2 Å². The smallest absolute Gasteiger partial charge is 0.253 e. The highest BCUT2D eigenvalue weighted by atomic mass is 35.5. The van der Waals surface area contributed by atoms with Gasteiger partial charge in [0.1, 0.15) is 0 Å². The zero-order valence-electron chi connectivity index (χ0n) is 15.4. The molecule has 1 saturated heterocycles. The van der Waals surface area contributed by atoms with Crippen molar-refractivity contribution in [3.05, 3.63) is 29.3 Å². The number of anilines is 1. The molecule has 1 fully saturated rings. The van der Waals surface area contributed by atoms with Crippen LogP contribution in [-0.4, -0.2) is 35.8 Å². The number of rotatable bonds is 5. The average molecular weight is 368 g/mol. The number of aryl methyl sites for hydroxylation is 1. The molecule has 1 aromatic rings. The maximum Gasteiger partial charge on any atom is 0.253 e. The molecule has 1 aliphatic rings. The van der Waals surface area contributed by atoms with E-state index in [4.69, 9.17) is 5.73 Å². The monoisotopic (exact) mass is 367 g/mol. The molecule has 0 aromatic heterocycles. The van der Waals surface area contributed by atoms with E-state index in [0.717, 1.165) is 43.6 Å². The second-order valence-electron chi connectivity index (χ2n) is 6.89. The summed E-state index contributed by atoms with van der Waals surface area (Å²) in [5.41, 5.74) is 8.11. The summed E-state index contributed by atoms with van der Waals surface area (Å²) in [5.74, 6) is 0.593. The fourth-order valence-electron chi connectivity index (χ4n) is 3.00. The Balaban J connectivity index is 0.00000312. The van der Waals surface area contributed by atoms with Gasteiger partial charge in [-0.2, -0.15) is 0 Å². The van der Waals surface area contributed by atoms with E-state index >= 15 is 0 Å². The second-order valence-corrected chi connectivity index (χ2v) is 6.89. The van der Waals surface area contributed by atoms with Gasteiger partial charge < -0.3 is 16.0 Å². The van der Waals surface area contributed by atoms with Crippen molar-refractivity contribution in [2.45, 2.75) is 52.5 Å². The predicted molar refractivity (Wildman–Crippen MR) is 104 cm³/mol. The second kappa shape index (κ2) is 9.78. The molecular weight excluding hydrogens is 338 g/mol. The van der Waals surface area contributed by atoms with Crippen molar-refractivity contribution >= 4 is 29.9 Å². The molecule has 1 aliphatic heterocycles. The molecule has 1 heterocycles. The number of nitrogens with one attached hydrogen (secondary N) is 1. The summed E-state index contributed by atoms with van der Waals surface area (Å²) in [4.78, 5) is 26.6. The van der Waals surface area contributed by atoms with E-state index in [1.54, 1.807) is 12.1 Å². The van der Waals surface area contributed by atoms with Gasteiger partial charge in [0, 0.05) is 24.3 Å². The molecule has 0 aliphatic carbocycles. The lowest BCUT2D eigenvalue weighted by Crippen LogP contribution is -2.38. The zero-order valence-corrected chi connectivity index (χ0v) is 16.2. The van der Waals surface area contributed by atoms with Gasteiger partial charge in [0.05, 0.1) is 6.04 Å². The molecule has 6 heteroatoms. The Bertz CT molecular complexity index is 598. The SMILES string of the molecule is CCCC(N)C(=O)Nc1ccc(C(=O)N2CCC(C)CC2)cc1C.Cl. The van der Waals surface area contributed by atoms with Gasteiger partial charge in [0.15, 0.2) is 0 Å². The summed E-state index contributed by atoms with van der Waals surface area (Å²) in [6, 6.07) is 4.94. The predicted octanol–water partition coefficient (Wildman–Crippen LogP) is 3.35. The Morgan fingerprint density at radius 3 is 2.52 bits per heavy atom. The first kappa shape index (κ1) is 21.5. The minimum atomic E-state index is -0.494. The standard InChI is InChI=1S/C19H29N3O2.ClH/c1-4-5-16(20)18(23)21-17-7-6-15(12-14(17)3)19(24)22-10-8-13(2)9-11-22;/h6-7,12-13,16H,4-5,8-11,20H2,1-3H3,(H,21,23);1H. The van der Waals surface area contributed by atoms with E-state index in [0.29, 0.717) is 17.9 Å². The maximum absolute atomic E-state index is 12.6. The third-order valence-electron chi connectivity index (χ3n) is 4.74. The van der Waals surface area contributed by atoms with E-state index in [9.17, 15) is 9.59 Å². The van der Waals surface area contributed by atoms with Crippen molar-refractivity contribution in [2.24, 2.45) is 11.7 Å². The average Bonchev–Trinajstić information content (AvgIpc) is 2.57. The Kier molecular flexibility index (Phi) is 8.39. The van der Waals surface area contributed by atoms with Gasteiger partial charge in [-0.05, 0) is 55.9 Å². The summed E-state index contributed by atoms with van der Waals surface area (Å²) in [5, 5.41) is 2.86. The van der Waals surface area contributed by atoms with Crippen molar-refractivity contribution in [1.82, 2.24) is 4.90 Å². The van der Waals surface area contributed by atoms with Gasteiger partial charge in [0.25, 0.3) is 5.91 Å². The number of hydrogen-bond donors (Lipinski definition) is 2. The van der Waals surface area contributed by atoms with Crippen LogP contribution in [0, 0.1) is 12.8 Å². The number of nitrogens with two attached hydrogens (primary N) is 1. The fourth-order valence-corrected chi connectivity index (χ4v) is 3.00. The summed E-state index contributed by atoms with van der Waals surface area (Å²) in [6.45, 7) is 7.77. The molecule has 1 aromatic carbocycles. The van der Waals surface area contributed by atoms with E-state index in [1.807, 2.05) is 24.8 Å². The molecule has 3 N–H and O–H groups in total. The maximum atomic E-state index is 12.6. The van der Waals surface area contributed by atoms with Crippen LogP contribution >= 0.6 is 12.4 Å². The van der Waals surface area contributed by atoms with Crippen LogP contribution in [0.25, 0.3) is 0 Å². The van der Waals surface area contributed by atoms with Crippen LogP contribution in [0.4, 0.5) is 5.69 Å². The van der Waals surface area contributed by atoms with Crippen LogP contribution in [0.2, 0.25) is 0 Å². The molecule has 1 unspecified atom stereocenters. The van der Waals surface area contributed by atoms with Crippen LogP contribution in [0.1, 0.15) is 55.5 Å². The number of amides is 2. The Morgan fingerprint density at radius 1 is 1.32 bits per heavy atom. The lowest BCUT2D eigenvalue weighted by atomic mass is 9.98. The van der Waals surface area contributed by atoms with Crippen LogP contribution in [0.15, 0.2) is 18.2 Å². The number of likely N-dealkylation sites (tertiary alicyclic amines) is 1. The Morgan fingerprint density at radius 2 is 1.96 bits per heavy atom. The summed E-state index contributed by atoms with van der Waals surface area (Å²) in [6.07, 6.45) is 3.66. The minimum Gasteiger partial charge on any atom is -0.339 e. The number of piperidine rings is 1.